The maximum Gasteiger partial charge on any atom is 0.228 e. The van der Waals surface area contributed by atoms with E-state index in [1.165, 1.54) is 6.42 Å². The third-order valence-electron chi connectivity index (χ3n) is 7.95. The van der Waals surface area contributed by atoms with E-state index in [4.69, 9.17) is 19.2 Å². The molecular weight excluding hydrogens is 420 g/mol. The summed E-state index contributed by atoms with van der Waals surface area (Å²) in [6, 6.07) is 0.349. The lowest BCUT2D eigenvalue weighted by atomic mass is 9.64. The Bertz CT molecular complexity index is 1200. The van der Waals surface area contributed by atoms with Crippen LogP contribution in [0.3, 0.4) is 0 Å². The Balaban J connectivity index is 1.40. The number of ketones is 1. The minimum atomic E-state index is -0.518. The van der Waals surface area contributed by atoms with Gasteiger partial charge in [0.2, 0.25) is 5.88 Å². The predicted molar refractivity (Wildman–Crippen MR) is 121 cm³/mol. The highest BCUT2D eigenvalue weighted by molar-refractivity contribution is 5.91. The molecule has 0 radical (unpaired) electrons. The number of carbonyl (C=O) groups excluding carboxylic acids is 1. The molecule has 3 aromatic heterocycles. The minimum absolute atomic E-state index is 0.0206. The van der Waals surface area contributed by atoms with E-state index in [-0.39, 0.29) is 6.10 Å². The molecule has 174 valence electrons. The Morgan fingerprint density at radius 1 is 1.21 bits per heavy atom. The minimum Gasteiger partial charge on any atom is -0.472 e. The number of fused-ring (bicyclic) bond motifs is 3. The van der Waals surface area contributed by atoms with Crippen LogP contribution >= 0.6 is 0 Å². The number of Topliss-reactive ketones (excluding diaryl/α,β-unsaturated/α-hetero) is 1. The highest BCUT2D eigenvalue weighted by atomic mass is 16.5. The van der Waals surface area contributed by atoms with Gasteiger partial charge >= 0.3 is 0 Å². The van der Waals surface area contributed by atoms with Gasteiger partial charge in [0.1, 0.15) is 17.3 Å². The summed E-state index contributed by atoms with van der Waals surface area (Å²) in [5.41, 5.74) is 1.69. The molecule has 9 heteroatoms. The quantitative estimate of drug-likeness (QED) is 0.642. The third kappa shape index (κ3) is 3.27. The molecule has 1 saturated heterocycles. The van der Waals surface area contributed by atoms with E-state index in [0.717, 1.165) is 68.2 Å². The number of likely N-dealkylation sites (N-methyl/N-ethyl adjacent to an activating group) is 1. The number of carbonyl (C=O) groups is 1. The fourth-order valence-corrected chi connectivity index (χ4v) is 6.16. The average molecular weight is 451 g/mol. The monoisotopic (exact) mass is 450 g/mol. The van der Waals surface area contributed by atoms with Crippen molar-refractivity contribution in [3.05, 3.63) is 17.5 Å². The second-order valence-corrected chi connectivity index (χ2v) is 9.90. The molecule has 3 atom stereocenters. The van der Waals surface area contributed by atoms with Gasteiger partial charge in [-0.15, -0.1) is 0 Å². The van der Waals surface area contributed by atoms with Gasteiger partial charge < -0.3 is 9.26 Å². The van der Waals surface area contributed by atoms with Crippen LogP contribution in [0.1, 0.15) is 69.6 Å². The lowest BCUT2D eigenvalue weighted by molar-refractivity contribution is -0.128. The van der Waals surface area contributed by atoms with Crippen LogP contribution < -0.4 is 4.74 Å². The molecule has 0 unspecified atom stereocenters. The van der Waals surface area contributed by atoms with Crippen molar-refractivity contribution in [1.82, 2.24) is 30.2 Å². The van der Waals surface area contributed by atoms with Crippen molar-refractivity contribution >= 4 is 16.8 Å². The first-order valence-electron chi connectivity index (χ1n) is 12.2. The SMILES string of the molecule is C[C@H](Oc1nc(-c2noc3c2CCC[C@@]32CCCCC2=O)nc2[nH]ncc12)[C@@H]1CCCN1C. The van der Waals surface area contributed by atoms with Gasteiger partial charge in [-0.2, -0.15) is 10.1 Å². The van der Waals surface area contributed by atoms with E-state index in [0.29, 0.717) is 41.3 Å². The Morgan fingerprint density at radius 2 is 2.09 bits per heavy atom. The molecule has 0 bridgehead atoms. The van der Waals surface area contributed by atoms with Gasteiger partial charge in [0.15, 0.2) is 22.9 Å². The number of nitrogens with zero attached hydrogens (tertiary/aromatic N) is 5. The Hall–Kier alpha value is -2.81. The van der Waals surface area contributed by atoms with Gasteiger partial charge in [-0.25, -0.2) is 4.98 Å². The molecule has 33 heavy (non-hydrogen) atoms. The molecule has 1 N–H and O–H groups in total. The van der Waals surface area contributed by atoms with Crippen LogP contribution in [0.15, 0.2) is 10.7 Å². The van der Waals surface area contributed by atoms with E-state index < -0.39 is 5.41 Å². The van der Waals surface area contributed by atoms with E-state index in [2.05, 4.69) is 34.2 Å². The van der Waals surface area contributed by atoms with E-state index in [1.54, 1.807) is 6.20 Å². The molecule has 4 heterocycles. The van der Waals surface area contributed by atoms with Gasteiger partial charge in [-0.1, -0.05) is 11.6 Å². The number of rotatable bonds is 4. The molecule has 1 aliphatic heterocycles. The number of H-pyrrole nitrogens is 1. The van der Waals surface area contributed by atoms with Crippen LogP contribution in [0.25, 0.3) is 22.6 Å². The molecule has 2 fully saturated rings. The Kier molecular flexibility index (Phi) is 4.97. The summed E-state index contributed by atoms with van der Waals surface area (Å²) < 4.78 is 12.3. The number of ether oxygens (including phenoxy) is 1. The van der Waals surface area contributed by atoms with Crippen LogP contribution in [-0.4, -0.2) is 61.7 Å². The van der Waals surface area contributed by atoms with Crippen molar-refractivity contribution in [3.63, 3.8) is 0 Å². The summed E-state index contributed by atoms with van der Waals surface area (Å²) in [5.74, 6) is 2.00. The number of likely N-dealkylation sites (tertiary alicyclic amines) is 1. The summed E-state index contributed by atoms with van der Waals surface area (Å²) in [6.45, 7) is 3.18. The van der Waals surface area contributed by atoms with Crippen molar-refractivity contribution in [2.75, 3.05) is 13.6 Å². The van der Waals surface area contributed by atoms with E-state index >= 15 is 0 Å². The molecule has 1 spiro atoms. The van der Waals surface area contributed by atoms with Crippen LogP contribution in [-0.2, 0) is 16.6 Å². The number of aromatic amines is 1. The highest BCUT2D eigenvalue weighted by Crippen LogP contribution is 2.47. The molecule has 3 aliphatic rings. The zero-order chi connectivity index (χ0) is 22.6. The van der Waals surface area contributed by atoms with Gasteiger partial charge in [-0.05, 0) is 65.5 Å². The summed E-state index contributed by atoms with van der Waals surface area (Å²) >= 11 is 0. The van der Waals surface area contributed by atoms with Crippen molar-refractivity contribution in [2.24, 2.45) is 0 Å². The van der Waals surface area contributed by atoms with Crippen LogP contribution in [0.5, 0.6) is 5.88 Å². The summed E-state index contributed by atoms with van der Waals surface area (Å²) in [4.78, 5) is 24.8. The second-order valence-electron chi connectivity index (χ2n) is 9.90. The Labute approximate surface area is 192 Å². The van der Waals surface area contributed by atoms with Gasteiger partial charge in [0.05, 0.1) is 11.6 Å². The largest absolute Gasteiger partial charge is 0.472 e. The van der Waals surface area contributed by atoms with Crippen molar-refractivity contribution < 1.29 is 14.1 Å². The first-order valence-corrected chi connectivity index (χ1v) is 12.2. The summed E-state index contributed by atoms with van der Waals surface area (Å²) in [7, 11) is 2.14. The number of hydrogen-bond acceptors (Lipinski definition) is 8. The van der Waals surface area contributed by atoms with Crippen LogP contribution in [0, 0.1) is 0 Å². The molecular formula is C24H30N6O3. The first kappa shape index (κ1) is 20.8. The number of hydrogen-bond donors (Lipinski definition) is 1. The molecule has 1 saturated carbocycles. The van der Waals surface area contributed by atoms with Crippen molar-refractivity contribution in [1.29, 1.82) is 0 Å². The van der Waals surface area contributed by atoms with E-state index in [1.807, 2.05) is 0 Å². The fraction of sp³-hybridized carbons (Fsp3) is 0.625. The van der Waals surface area contributed by atoms with Crippen LogP contribution in [0.4, 0.5) is 0 Å². The highest BCUT2D eigenvalue weighted by Gasteiger charge is 2.48. The summed E-state index contributed by atoms with van der Waals surface area (Å²) in [5, 5.41) is 12.3. The fourth-order valence-electron chi connectivity index (χ4n) is 6.16. The molecule has 0 aromatic carbocycles. The maximum atomic E-state index is 13.0. The zero-order valence-corrected chi connectivity index (χ0v) is 19.3. The average Bonchev–Trinajstić information content (AvgIpc) is 3.55. The smallest absolute Gasteiger partial charge is 0.228 e. The predicted octanol–water partition coefficient (Wildman–Crippen LogP) is 3.59. The zero-order valence-electron chi connectivity index (χ0n) is 19.3. The normalized spacial score (nSPS) is 26.7. The lowest BCUT2D eigenvalue weighted by Crippen LogP contribution is -2.41. The maximum absolute atomic E-state index is 13.0. The summed E-state index contributed by atoms with van der Waals surface area (Å²) in [6.07, 6.45) is 10.0. The van der Waals surface area contributed by atoms with Crippen LogP contribution in [0.2, 0.25) is 0 Å². The topological polar surface area (TPSA) is 110 Å². The van der Waals surface area contributed by atoms with Crippen molar-refractivity contribution in [3.8, 4) is 17.4 Å². The number of nitrogens with one attached hydrogen (secondary N) is 1. The second kappa shape index (κ2) is 7.90. The molecule has 2 aliphatic carbocycles. The first-order chi connectivity index (χ1) is 16.1. The molecule has 6 rings (SSSR count). The molecule has 9 nitrogen and oxygen atoms in total. The molecule has 0 amide bonds. The third-order valence-corrected chi connectivity index (χ3v) is 7.95. The Morgan fingerprint density at radius 3 is 2.91 bits per heavy atom. The molecule has 3 aromatic rings. The lowest BCUT2D eigenvalue weighted by Gasteiger charge is -2.36. The van der Waals surface area contributed by atoms with Crippen molar-refractivity contribution in [2.45, 2.75) is 82.3 Å². The van der Waals surface area contributed by atoms with Gasteiger partial charge in [-0.3, -0.25) is 14.8 Å². The van der Waals surface area contributed by atoms with Gasteiger partial charge in [0.25, 0.3) is 0 Å². The van der Waals surface area contributed by atoms with Gasteiger partial charge in [0, 0.05) is 18.0 Å². The number of aromatic nitrogens is 5. The standard InChI is InChI=1S/C24H30N6O3/c1-14(17-8-6-12-30(17)2)32-23-16-13-25-28-21(16)26-22(27-23)19-15-7-5-11-24(20(15)33-29-19)10-4-3-9-18(24)31/h13-14,17H,3-12H2,1-2H3,(H,25,26,27,28)/t14-,17-,24+/m0/s1. The van der Waals surface area contributed by atoms with E-state index in [9.17, 15) is 4.79 Å².